The van der Waals surface area contributed by atoms with Crippen molar-refractivity contribution in [1.29, 1.82) is 0 Å². The molecule has 4 saturated heterocycles. The van der Waals surface area contributed by atoms with Crippen molar-refractivity contribution in [2.24, 2.45) is 0 Å². The molecule has 2 amide bonds. The fourth-order valence-corrected chi connectivity index (χ4v) is 7.04. The summed E-state index contributed by atoms with van der Waals surface area (Å²) in [6.07, 6.45) is -2.43. The Balaban J connectivity index is 1.01. The van der Waals surface area contributed by atoms with Gasteiger partial charge >= 0.3 is 12.0 Å². The van der Waals surface area contributed by atoms with E-state index in [4.69, 9.17) is 23.7 Å². The van der Waals surface area contributed by atoms with Gasteiger partial charge in [-0.25, -0.2) is 4.79 Å². The van der Waals surface area contributed by atoms with E-state index in [1.807, 2.05) is 36.0 Å². The molecule has 5 rings (SSSR count). The number of urea groups is 1. The largest absolute Gasteiger partial charge is 0.461 e. The number of unbranched alkanes of at least 4 members (excludes halogenated alkanes) is 1. The zero-order valence-corrected chi connectivity index (χ0v) is 23.8. The van der Waals surface area contributed by atoms with Crippen molar-refractivity contribution >= 4 is 39.7 Å². The van der Waals surface area contributed by atoms with Crippen LogP contribution in [-0.2, 0) is 35.1 Å². The number of nitrogens with one attached hydrogen (secondary N) is 2. The van der Waals surface area contributed by atoms with Crippen molar-refractivity contribution < 1.29 is 43.5 Å². The van der Waals surface area contributed by atoms with Gasteiger partial charge in [0.2, 0.25) is 0 Å². The number of ether oxygens (including phenoxy) is 5. The first-order valence-corrected chi connectivity index (χ1v) is 15.5. The molecule has 0 saturated carbocycles. The average Bonchev–Trinajstić information content (AvgIpc) is 3.50. The third-order valence-electron chi connectivity index (χ3n) is 7.40. The minimum atomic E-state index is -1.23. The van der Waals surface area contributed by atoms with Crippen LogP contribution in [0.3, 0.4) is 0 Å². The van der Waals surface area contributed by atoms with Crippen LogP contribution in [0, 0.1) is 0 Å². The predicted molar refractivity (Wildman–Crippen MR) is 144 cm³/mol. The summed E-state index contributed by atoms with van der Waals surface area (Å²) in [7, 11) is 0. The van der Waals surface area contributed by atoms with Crippen molar-refractivity contribution in [3.63, 3.8) is 0 Å². The fraction of sp³-hybridized carbons (Fsp3) is 0.692. The molecule has 4 fully saturated rings. The number of amides is 2. The Morgan fingerprint density at radius 1 is 1.13 bits per heavy atom. The molecule has 4 N–H and O–H groups in total. The standard InChI is InChI=1S/C26H35BrN2O9S/c27-9-10-34-25-22(32)21(31)23-17(37-25)12-36-24(38-23)15-7-5-14(6-8-15)11-35-19(30)4-2-1-3-18-20-16(13-39-18)28-26(33)29-20/h5-8,16-18,20-25,31-32H,1-4,9-13H2,(H2,28,29,33)/t16-,17+,18-,20-,21+,22+,23?,24?,25+/m0/s1/i12+1,17+1,21+1,22+1,23+1,25+1. The third-order valence-corrected chi connectivity index (χ3v) is 9.23. The van der Waals surface area contributed by atoms with Gasteiger partial charge in [-0.3, -0.25) is 4.79 Å². The number of rotatable bonds is 11. The number of aliphatic hydroxyl groups is 2. The number of carbonyl (C=O) groups excluding carboxylic acids is 2. The van der Waals surface area contributed by atoms with Gasteiger partial charge in [-0.2, -0.15) is 11.8 Å². The Morgan fingerprint density at radius 3 is 2.74 bits per heavy atom. The van der Waals surface area contributed by atoms with Gasteiger partial charge in [0.05, 0.1) is 25.3 Å². The number of esters is 1. The van der Waals surface area contributed by atoms with Crippen LogP contribution in [0.2, 0.25) is 0 Å². The van der Waals surface area contributed by atoms with E-state index in [0.29, 0.717) is 23.6 Å². The summed E-state index contributed by atoms with van der Waals surface area (Å²) in [6.45, 7) is 0.682. The summed E-state index contributed by atoms with van der Waals surface area (Å²) in [6, 6.07) is 7.65. The van der Waals surface area contributed by atoms with E-state index in [9.17, 15) is 19.8 Å². The van der Waals surface area contributed by atoms with E-state index in [-0.39, 0.29) is 37.3 Å². The number of hydrogen-bond donors (Lipinski definition) is 4. The number of aliphatic hydroxyl groups excluding tert-OH is 2. The summed E-state index contributed by atoms with van der Waals surface area (Å²) in [5.41, 5.74) is 1.57. The lowest BCUT2D eigenvalue weighted by Crippen LogP contribution is -2.62. The summed E-state index contributed by atoms with van der Waals surface area (Å²) < 4.78 is 28.4. The summed E-state index contributed by atoms with van der Waals surface area (Å²) in [4.78, 5) is 23.7. The Hall–Kier alpha value is -1.45. The molecule has 0 spiro atoms. The van der Waals surface area contributed by atoms with E-state index < -0.39 is 37.0 Å². The van der Waals surface area contributed by atoms with Crippen LogP contribution in [0.5, 0.6) is 0 Å². The molecule has 4 aliphatic rings. The van der Waals surface area contributed by atoms with Gasteiger partial charge in [0.1, 0.15) is 31.0 Å². The molecule has 0 aromatic heterocycles. The molecular formula is C26H35BrN2O9S. The van der Waals surface area contributed by atoms with E-state index in [1.54, 1.807) is 0 Å². The van der Waals surface area contributed by atoms with Gasteiger partial charge in [-0.1, -0.05) is 46.6 Å². The van der Waals surface area contributed by atoms with E-state index >= 15 is 0 Å². The lowest BCUT2D eigenvalue weighted by Gasteiger charge is -2.46. The number of halogens is 1. The molecule has 39 heavy (non-hydrogen) atoms. The molecule has 0 aliphatic carbocycles. The molecule has 1 aromatic rings. The van der Waals surface area contributed by atoms with Gasteiger partial charge in [-0.15, -0.1) is 0 Å². The van der Waals surface area contributed by atoms with Gasteiger partial charge in [0, 0.05) is 28.3 Å². The van der Waals surface area contributed by atoms with E-state index in [0.717, 1.165) is 36.1 Å². The molecule has 2 unspecified atom stereocenters. The monoisotopic (exact) mass is 636 g/mol. The summed E-state index contributed by atoms with van der Waals surface area (Å²) >= 11 is 5.13. The van der Waals surface area contributed by atoms with Crippen molar-refractivity contribution in [2.75, 3.05) is 24.3 Å². The van der Waals surface area contributed by atoms with Crippen LogP contribution >= 0.6 is 27.7 Å². The maximum absolute atomic E-state index is 12.2. The highest BCUT2D eigenvalue weighted by molar-refractivity contribution is 9.09. The van der Waals surface area contributed by atoms with Crippen LogP contribution in [0.4, 0.5) is 4.79 Å². The first-order valence-electron chi connectivity index (χ1n) is 13.3. The number of fused-ring (bicyclic) bond motifs is 2. The molecule has 13 heteroatoms. The fourth-order valence-electron chi connectivity index (χ4n) is 5.31. The smallest absolute Gasteiger partial charge is 0.315 e. The second-order valence-corrected chi connectivity index (χ2v) is 12.2. The zero-order valence-electron chi connectivity index (χ0n) is 21.4. The highest BCUT2D eigenvalue weighted by Crippen LogP contribution is 2.35. The highest BCUT2D eigenvalue weighted by atomic mass is 79.9. The molecular weight excluding hydrogens is 602 g/mol. The van der Waals surface area contributed by atoms with Crippen LogP contribution in [-0.4, -0.2) is 94.5 Å². The molecule has 1 aromatic carbocycles. The quantitative estimate of drug-likeness (QED) is 0.0931. The molecule has 4 aliphatic heterocycles. The molecule has 216 valence electrons. The van der Waals surface area contributed by atoms with Crippen molar-refractivity contribution in [2.45, 2.75) is 86.6 Å². The minimum Gasteiger partial charge on any atom is -0.461 e. The summed E-state index contributed by atoms with van der Waals surface area (Å²) in [5.74, 6) is 0.697. The molecule has 9 atom stereocenters. The molecule has 4 heterocycles. The lowest BCUT2D eigenvalue weighted by atomic mass is 10.0. The van der Waals surface area contributed by atoms with Gasteiger partial charge in [-0.05, 0) is 18.4 Å². The average molecular weight is 637 g/mol. The first kappa shape index (κ1) is 29.1. The second kappa shape index (κ2) is 13.5. The Bertz CT molecular complexity index is 987. The number of alkyl halides is 1. The Kier molecular flexibility index (Phi) is 10.0. The van der Waals surface area contributed by atoms with Crippen molar-refractivity contribution in [1.82, 2.24) is 10.6 Å². The minimum absolute atomic E-state index is 0.0816. The third kappa shape index (κ3) is 7.07. The maximum Gasteiger partial charge on any atom is 0.315 e. The Morgan fingerprint density at radius 2 is 1.95 bits per heavy atom. The topological polar surface area (TPSA) is 145 Å². The second-order valence-electron chi connectivity index (χ2n) is 10.1. The van der Waals surface area contributed by atoms with Crippen LogP contribution in [0.25, 0.3) is 0 Å². The lowest BCUT2D eigenvalue weighted by molar-refractivity contribution is -0.360. The van der Waals surface area contributed by atoms with Crippen LogP contribution < -0.4 is 10.6 Å². The molecule has 0 radical (unpaired) electrons. The Labute approximate surface area is 239 Å². The number of hydrogen-bond acceptors (Lipinski definition) is 10. The van der Waals surface area contributed by atoms with Crippen molar-refractivity contribution in [3.05, 3.63) is 35.4 Å². The first-order chi connectivity index (χ1) is 18.9. The highest BCUT2D eigenvalue weighted by Gasteiger charge is 2.49. The zero-order chi connectivity index (χ0) is 27.4. The maximum atomic E-state index is 12.2. The number of benzene rings is 1. The number of thioether (sulfide) groups is 1. The normalized spacial score (nSPS) is 35.6. The van der Waals surface area contributed by atoms with E-state index in [2.05, 4.69) is 26.6 Å². The summed E-state index contributed by atoms with van der Waals surface area (Å²) in [5, 5.41) is 27.8. The van der Waals surface area contributed by atoms with Gasteiger partial charge < -0.3 is 44.5 Å². The molecule has 0 bridgehead atoms. The SMILES string of the molecule is O=C1N[C@H]2[C@H](CS[C@H]2CCCCC(=O)OCc2ccc(C3O[13CH2][13C@H]4O[13C@@H](OCCBr)[13C@H](O)[13C@@H](O)[13CH]4O3)cc2)N1. The number of carbonyl (C=O) groups is 2. The molecule has 11 nitrogen and oxygen atoms in total. The van der Waals surface area contributed by atoms with E-state index in [1.165, 1.54) is 0 Å². The predicted octanol–water partition coefficient (Wildman–Crippen LogP) is 1.73. The van der Waals surface area contributed by atoms with Gasteiger partial charge in [0.25, 0.3) is 0 Å². The van der Waals surface area contributed by atoms with Crippen molar-refractivity contribution in [3.8, 4) is 0 Å². The van der Waals surface area contributed by atoms with Gasteiger partial charge in [0.15, 0.2) is 12.6 Å². The van der Waals surface area contributed by atoms with Crippen LogP contribution in [0.15, 0.2) is 24.3 Å². The van der Waals surface area contributed by atoms with Crippen LogP contribution in [0.1, 0.15) is 43.1 Å².